The molecule has 3 heteroatoms. The topological polar surface area (TPSA) is 38.7 Å². The summed E-state index contributed by atoms with van der Waals surface area (Å²) in [6.07, 6.45) is 5.68. The Kier molecular flexibility index (Phi) is 4.00. The van der Waals surface area contributed by atoms with Gasteiger partial charge in [0.05, 0.1) is 5.69 Å². The summed E-state index contributed by atoms with van der Waals surface area (Å²) in [6.45, 7) is 6.36. The molecule has 128 valence electrons. The monoisotopic (exact) mass is 339 g/mol. The quantitative estimate of drug-likeness (QED) is 0.473. The largest absolute Gasteiger partial charge is 0.256 e. The van der Waals surface area contributed by atoms with Crippen molar-refractivity contribution in [1.29, 1.82) is 0 Å². The lowest BCUT2D eigenvalue weighted by atomic mass is 9.95. The van der Waals surface area contributed by atoms with E-state index in [2.05, 4.69) is 84.3 Å². The number of pyridine rings is 1. The van der Waals surface area contributed by atoms with Gasteiger partial charge in [-0.25, -0.2) is 9.97 Å². The Labute approximate surface area is 153 Å². The Hall–Kier alpha value is -3.07. The minimum Gasteiger partial charge on any atom is -0.256 e. The van der Waals surface area contributed by atoms with Crippen molar-refractivity contribution < 1.29 is 0 Å². The van der Waals surface area contributed by atoms with E-state index in [1.54, 1.807) is 0 Å². The minimum absolute atomic E-state index is 0.0484. The molecule has 2 aromatic carbocycles. The van der Waals surface area contributed by atoms with Gasteiger partial charge in [0, 0.05) is 40.5 Å². The lowest BCUT2D eigenvalue weighted by Gasteiger charge is -2.16. The molecule has 0 aliphatic rings. The molecule has 0 fully saturated rings. The van der Waals surface area contributed by atoms with E-state index in [0.29, 0.717) is 0 Å². The van der Waals surface area contributed by atoms with E-state index in [-0.39, 0.29) is 5.41 Å². The average molecular weight is 339 g/mol. The van der Waals surface area contributed by atoms with Crippen LogP contribution in [0, 0.1) is 0 Å². The standard InChI is InChI=1S/C23H21N3/c1-23(2,3)22-25-14-19(15-26-22)17-8-6-9-18(13-17)21-20-10-5-4-7-16(20)11-12-24-21/h4-15H,1-3H3. The molecule has 0 atom stereocenters. The van der Waals surface area contributed by atoms with Gasteiger partial charge in [-0.15, -0.1) is 0 Å². The first-order valence-electron chi connectivity index (χ1n) is 8.79. The summed E-state index contributed by atoms with van der Waals surface area (Å²) in [4.78, 5) is 13.7. The Balaban J connectivity index is 1.77. The molecule has 0 saturated carbocycles. The second kappa shape index (κ2) is 6.34. The first-order valence-corrected chi connectivity index (χ1v) is 8.79. The molecule has 0 unspecified atom stereocenters. The number of hydrogen-bond acceptors (Lipinski definition) is 3. The summed E-state index contributed by atoms with van der Waals surface area (Å²) in [5.41, 5.74) is 4.15. The normalized spacial score (nSPS) is 11.7. The summed E-state index contributed by atoms with van der Waals surface area (Å²) in [6, 6.07) is 18.8. The second-order valence-electron chi connectivity index (χ2n) is 7.51. The van der Waals surface area contributed by atoms with Crippen molar-refractivity contribution in [3.05, 3.63) is 79.0 Å². The molecule has 0 radical (unpaired) electrons. The van der Waals surface area contributed by atoms with E-state index in [1.807, 2.05) is 24.7 Å². The average Bonchev–Trinajstić information content (AvgIpc) is 2.67. The molecule has 0 saturated heterocycles. The highest BCUT2D eigenvalue weighted by Gasteiger charge is 2.17. The summed E-state index contributed by atoms with van der Waals surface area (Å²) in [5, 5.41) is 2.35. The lowest BCUT2D eigenvalue weighted by molar-refractivity contribution is 0.545. The van der Waals surface area contributed by atoms with Crippen LogP contribution in [0.5, 0.6) is 0 Å². The van der Waals surface area contributed by atoms with Crippen molar-refractivity contribution in [1.82, 2.24) is 15.0 Å². The SMILES string of the molecule is CC(C)(C)c1ncc(-c2cccc(-c3nccc4ccccc34)c2)cn1. The van der Waals surface area contributed by atoms with Crippen LogP contribution in [0.1, 0.15) is 26.6 Å². The van der Waals surface area contributed by atoms with E-state index >= 15 is 0 Å². The van der Waals surface area contributed by atoms with Gasteiger partial charge in [-0.3, -0.25) is 4.98 Å². The third-order valence-electron chi connectivity index (χ3n) is 4.47. The molecule has 0 aliphatic heterocycles. The molecule has 0 amide bonds. The number of fused-ring (bicyclic) bond motifs is 1. The van der Waals surface area contributed by atoms with E-state index in [4.69, 9.17) is 0 Å². The second-order valence-corrected chi connectivity index (χ2v) is 7.51. The van der Waals surface area contributed by atoms with Crippen LogP contribution in [0.3, 0.4) is 0 Å². The highest BCUT2D eigenvalue weighted by Crippen LogP contribution is 2.30. The summed E-state index contributed by atoms with van der Waals surface area (Å²) in [7, 11) is 0. The first kappa shape index (κ1) is 16.4. The number of rotatable bonds is 2. The van der Waals surface area contributed by atoms with Crippen LogP contribution in [-0.2, 0) is 5.41 Å². The molecule has 0 spiro atoms. The fourth-order valence-corrected chi connectivity index (χ4v) is 3.06. The van der Waals surface area contributed by atoms with Crippen LogP contribution >= 0.6 is 0 Å². The van der Waals surface area contributed by atoms with Gasteiger partial charge in [0.25, 0.3) is 0 Å². The molecule has 3 nitrogen and oxygen atoms in total. The Morgan fingerprint density at radius 2 is 1.42 bits per heavy atom. The van der Waals surface area contributed by atoms with Crippen LogP contribution in [0.4, 0.5) is 0 Å². The molecule has 2 aromatic heterocycles. The Morgan fingerprint density at radius 3 is 2.19 bits per heavy atom. The van der Waals surface area contributed by atoms with Gasteiger partial charge >= 0.3 is 0 Å². The maximum absolute atomic E-state index is 4.63. The van der Waals surface area contributed by atoms with Crippen LogP contribution in [0.25, 0.3) is 33.2 Å². The van der Waals surface area contributed by atoms with Crippen LogP contribution in [-0.4, -0.2) is 15.0 Å². The zero-order valence-electron chi connectivity index (χ0n) is 15.3. The highest BCUT2D eigenvalue weighted by atomic mass is 14.9. The minimum atomic E-state index is -0.0484. The zero-order valence-corrected chi connectivity index (χ0v) is 15.3. The third-order valence-corrected chi connectivity index (χ3v) is 4.47. The maximum Gasteiger partial charge on any atom is 0.133 e. The van der Waals surface area contributed by atoms with Gasteiger partial charge in [-0.1, -0.05) is 63.2 Å². The third kappa shape index (κ3) is 3.08. The van der Waals surface area contributed by atoms with Gasteiger partial charge in [-0.05, 0) is 23.1 Å². The predicted octanol–water partition coefficient (Wildman–Crippen LogP) is 5.66. The molecule has 0 bridgehead atoms. The van der Waals surface area contributed by atoms with Crippen molar-refractivity contribution in [2.24, 2.45) is 0 Å². The van der Waals surface area contributed by atoms with Gasteiger partial charge in [0.15, 0.2) is 0 Å². The fraction of sp³-hybridized carbons (Fsp3) is 0.174. The zero-order chi connectivity index (χ0) is 18.1. The first-order chi connectivity index (χ1) is 12.5. The molecule has 0 N–H and O–H groups in total. The smallest absolute Gasteiger partial charge is 0.133 e. The number of hydrogen-bond donors (Lipinski definition) is 0. The van der Waals surface area contributed by atoms with Crippen molar-refractivity contribution in [3.63, 3.8) is 0 Å². The van der Waals surface area contributed by atoms with Crippen molar-refractivity contribution in [2.75, 3.05) is 0 Å². The van der Waals surface area contributed by atoms with Crippen molar-refractivity contribution in [2.45, 2.75) is 26.2 Å². The van der Waals surface area contributed by atoms with E-state index < -0.39 is 0 Å². The molecule has 2 heterocycles. The molecule has 4 aromatic rings. The Morgan fingerprint density at radius 1 is 0.692 bits per heavy atom. The van der Waals surface area contributed by atoms with Crippen molar-refractivity contribution in [3.8, 4) is 22.4 Å². The van der Waals surface area contributed by atoms with Gasteiger partial charge < -0.3 is 0 Å². The Bertz CT molecular complexity index is 1060. The van der Waals surface area contributed by atoms with E-state index in [1.165, 1.54) is 5.39 Å². The summed E-state index contributed by atoms with van der Waals surface area (Å²) >= 11 is 0. The number of nitrogens with zero attached hydrogens (tertiary/aromatic N) is 3. The number of aromatic nitrogens is 3. The van der Waals surface area contributed by atoms with Crippen molar-refractivity contribution >= 4 is 10.8 Å². The van der Waals surface area contributed by atoms with E-state index in [9.17, 15) is 0 Å². The predicted molar refractivity (Wildman–Crippen MR) is 107 cm³/mol. The molecule has 4 rings (SSSR count). The summed E-state index contributed by atoms with van der Waals surface area (Å²) in [5.74, 6) is 0.855. The van der Waals surface area contributed by atoms with E-state index in [0.717, 1.165) is 33.6 Å². The lowest BCUT2D eigenvalue weighted by Crippen LogP contribution is -2.15. The maximum atomic E-state index is 4.63. The van der Waals surface area contributed by atoms with Gasteiger partial charge in [-0.2, -0.15) is 0 Å². The van der Waals surface area contributed by atoms with Gasteiger partial charge in [0.1, 0.15) is 5.82 Å². The molecular weight excluding hydrogens is 318 g/mol. The highest BCUT2D eigenvalue weighted by molar-refractivity contribution is 5.94. The molecule has 0 aliphatic carbocycles. The fourth-order valence-electron chi connectivity index (χ4n) is 3.06. The molecular formula is C23H21N3. The van der Waals surface area contributed by atoms with Gasteiger partial charge in [0.2, 0.25) is 0 Å². The summed E-state index contributed by atoms with van der Waals surface area (Å²) < 4.78 is 0. The molecule has 26 heavy (non-hydrogen) atoms. The van der Waals surface area contributed by atoms with Crippen LogP contribution in [0.2, 0.25) is 0 Å². The van der Waals surface area contributed by atoms with Crippen LogP contribution < -0.4 is 0 Å². The van der Waals surface area contributed by atoms with Crippen LogP contribution in [0.15, 0.2) is 73.2 Å². The number of benzene rings is 2.